The van der Waals surface area contributed by atoms with Crippen LogP contribution >= 0.6 is 0 Å². The number of hydrogen-bond donors (Lipinski definition) is 1. The second kappa shape index (κ2) is 8.72. The van der Waals surface area contributed by atoms with Crippen molar-refractivity contribution in [2.75, 3.05) is 27.4 Å². The van der Waals surface area contributed by atoms with Gasteiger partial charge in [0.15, 0.2) is 0 Å². The van der Waals surface area contributed by atoms with E-state index in [-0.39, 0.29) is 5.97 Å². The van der Waals surface area contributed by atoms with Gasteiger partial charge in [-0.15, -0.1) is 0 Å². The third-order valence-corrected chi connectivity index (χ3v) is 3.53. The summed E-state index contributed by atoms with van der Waals surface area (Å²) < 4.78 is 10.4. The number of rotatable bonds is 9. The highest BCUT2D eigenvalue weighted by atomic mass is 16.5. The molecular weight excluding hydrogens is 254 g/mol. The van der Waals surface area contributed by atoms with E-state index >= 15 is 0 Å². The van der Waals surface area contributed by atoms with Crippen molar-refractivity contribution in [3.05, 3.63) is 35.9 Å². The minimum Gasteiger partial charge on any atom is -0.468 e. The Morgan fingerprint density at radius 2 is 1.95 bits per heavy atom. The average molecular weight is 279 g/mol. The maximum Gasteiger partial charge on any atom is 0.325 e. The van der Waals surface area contributed by atoms with Gasteiger partial charge in [-0.05, 0) is 38.8 Å². The quantitative estimate of drug-likeness (QED) is 0.556. The number of methoxy groups -OCH3 is 1. The van der Waals surface area contributed by atoms with E-state index in [0.29, 0.717) is 19.6 Å². The molecule has 0 aliphatic carbocycles. The molecule has 0 amide bonds. The Morgan fingerprint density at radius 1 is 1.25 bits per heavy atom. The fourth-order valence-electron chi connectivity index (χ4n) is 1.96. The van der Waals surface area contributed by atoms with E-state index in [1.807, 2.05) is 25.1 Å². The van der Waals surface area contributed by atoms with Gasteiger partial charge in [0.2, 0.25) is 0 Å². The Labute approximate surface area is 121 Å². The molecule has 1 atom stereocenters. The van der Waals surface area contributed by atoms with E-state index in [9.17, 15) is 4.79 Å². The third-order valence-electron chi connectivity index (χ3n) is 3.53. The first kappa shape index (κ1) is 16.7. The molecule has 0 heterocycles. The number of likely N-dealkylation sites (N-methyl/N-ethyl adjacent to an activating group) is 1. The Kier molecular flexibility index (Phi) is 7.26. The fourth-order valence-corrected chi connectivity index (χ4v) is 1.96. The zero-order valence-electron chi connectivity index (χ0n) is 12.6. The second-order valence-corrected chi connectivity index (χ2v) is 5.03. The minimum atomic E-state index is -0.672. The average Bonchev–Trinajstić information content (AvgIpc) is 2.50. The molecule has 1 aromatic rings. The van der Waals surface area contributed by atoms with Gasteiger partial charge < -0.3 is 14.8 Å². The molecule has 1 N–H and O–H groups in total. The summed E-state index contributed by atoms with van der Waals surface area (Å²) in [5.41, 5.74) is 0.652. The summed E-state index contributed by atoms with van der Waals surface area (Å²) in [7, 11) is 3.16. The van der Waals surface area contributed by atoms with E-state index in [4.69, 9.17) is 9.47 Å². The number of carbonyl (C=O) groups excluding carboxylic acids is 1. The first-order valence-corrected chi connectivity index (χ1v) is 7.01. The number of nitrogens with one attached hydrogen (secondary N) is 1. The Morgan fingerprint density at radius 3 is 2.55 bits per heavy atom. The van der Waals surface area contributed by atoms with Gasteiger partial charge in [-0.3, -0.25) is 4.79 Å². The lowest BCUT2D eigenvalue weighted by molar-refractivity contribution is -0.148. The van der Waals surface area contributed by atoms with E-state index in [1.165, 1.54) is 12.7 Å². The molecule has 0 aliphatic heterocycles. The fraction of sp³-hybridized carbons (Fsp3) is 0.562. The Bertz CT molecular complexity index is 394. The molecule has 1 unspecified atom stereocenters. The van der Waals surface area contributed by atoms with Crippen LogP contribution in [0.3, 0.4) is 0 Å². The van der Waals surface area contributed by atoms with Gasteiger partial charge in [0.1, 0.15) is 5.54 Å². The molecule has 0 saturated heterocycles. The van der Waals surface area contributed by atoms with Crippen LogP contribution in [0.15, 0.2) is 30.3 Å². The zero-order chi connectivity index (χ0) is 14.8. The Hall–Kier alpha value is -1.39. The van der Waals surface area contributed by atoms with Crippen molar-refractivity contribution in [3.8, 4) is 0 Å². The van der Waals surface area contributed by atoms with Crippen molar-refractivity contribution in [2.45, 2.75) is 31.7 Å². The summed E-state index contributed by atoms with van der Waals surface area (Å²) in [5, 5.41) is 2.99. The SMILES string of the molecule is CNC(C)(CCOCCCc1ccccc1)C(=O)OC. The molecular formula is C16H25NO3. The first-order chi connectivity index (χ1) is 9.62. The third kappa shape index (κ3) is 5.31. The van der Waals surface area contributed by atoms with Crippen molar-refractivity contribution >= 4 is 5.97 Å². The van der Waals surface area contributed by atoms with Gasteiger partial charge in [-0.1, -0.05) is 30.3 Å². The minimum absolute atomic E-state index is 0.257. The highest BCUT2D eigenvalue weighted by molar-refractivity contribution is 5.80. The van der Waals surface area contributed by atoms with E-state index in [1.54, 1.807) is 7.05 Å². The van der Waals surface area contributed by atoms with Gasteiger partial charge in [0, 0.05) is 13.2 Å². The van der Waals surface area contributed by atoms with Crippen LogP contribution in [-0.2, 0) is 20.7 Å². The molecule has 1 aromatic carbocycles. The first-order valence-electron chi connectivity index (χ1n) is 7.01. The molecule has 0 radical (unpaired) electrons. The van der Waals surface area contributed by atoms with Crippen LogP contribution in [0.2, 0.25) is 0 Å². The molecule has 4 nitrogen and oxygen atoms in total. The van der Waals surface area contributed by atoms with Crippen molar-refractivity contribution in [1.29, 1.82) is 0 Å². The number of hydrogen-bond acceptors (Lipinski definition) is 4. The van der Waals surface area contributed by atoms with Crippen molar-refractivity contribution < 1.29 is 14.3 Å². The van der Waals surface area contributed by atoms with Gasteiger partial charge in [-0.2, -0.15) is 0 Å². The summed E-state index contributed by atoms with van der Waals surface area (Å²) in [6, 6.07) is 10.4. The topological polar surface area (TPSA) is 47.6 Å². The molecule has 0 spiro atoms. The number of benzene rings is 1. The molecule has 0 aliphatic rings. The summed E-state index contributed by atoms with van der Waals surface area (Å²) in [5.74, 6) is -0.257. The van der Waals surface area contributed by atoms with Crippen molar-refractivity contribution in [2.24, 2.45) is 0 Å². The lowest BCUT2D eigenvalue weighted by atomic mass is 9.99. The van der Waals surface area contributed by atoms with E-state index in [2.05, 4.69) is 17.4 Å². The Balaban J connectivity index is 2.17. The molecule has 0 saturated carbocycles. The van der Waals surface area contributed by atoms with Crippen LogP contribution in [0.25, 0.3) is 0 Å². The van der Waals surface area contributed by atoms with Crippen LogP contribution in [-0.4, -0.2) is 38.9 Å². The van der Waals surface area contributed by atoms with Gasteiger partial charge in [0.25, 0.3) is 0 Å². The monoisotopic (exact) mass is 279 g/mol. The highest BCUT2D eigenvalue weighted by Gasteiger charge is 2.31. The summed E-state index contributed by atoms with van der Waals surface area (Å²) in [6.07, 6.45) is 2.60. The van der Waals surface area contributed by atoms with E-state index < -0.39 is 5.54 Å². The molecule has 4 heteroatoms. The summed E-state index contributed by atoms with van der Waals surface area (Å²) in [6.45, 7) is 3.07. The number of carbonyl (C=O) groups is 1. The van der Waals surface area contributed by atoms with Gasteiger partial charge >= 0.3 is 5.97 Å². The van der Waals surface area contributed by atoms with Gasteiger partial charge in [-0.25, -0.2) is 0 Å². The lowest BCUT2D eigenvalue weighted by Crippen LogP contribution is -2.49. The molecule has 0 aromatic heterocycles. The number of esters is 1. The predicted molar refractivity (Wildman–Crippen MR) is 79.7 cm³/mol. The largest absolute Gasteiger partial charge is 0.468 e. The molecule has 0 bridgehead atoms. The smallest absolute Gasteiger partial charge is 0.325 e. The van der Waals surface area contributed by atoms with Crippen LogP contribution < -0.4 is 5.32 Å². The lowest BCUT2D eigenvalue weighted by Gasteiger charge is -2.25. The maximum absolute atomic E-state index is 11.6. The van der Waals surface area contributed by atoms with Crippen molar-refractivity contribution in [3.63, 3.8) is 0 Å². The molecule has 1 rings (SSSR count). The molecule has 20 heavy (non-hydrogen) atoms. The van der Waals surface area contributed by atoms with Crippen LogP contribution in [0.5, 0.6) is 0 Å². The maximum atomic E-state index is 11.6. The predicted octanol–water partition coefficient (Wildman–Crippen LogP) is 2.18. The summed E-state index contributed by atoms with van der Waals surface area (Å²) >= 11 is 0. The summed E-state index contributed by atoms with van der Waals surface area (Å²) in [4.78, 5) is 11.6. The van der Waals surface area contributed by atoms with Crippen LogP contribution in [0.1, 0.15) is 25.3 Å². The van der Waals surface area contributed by atoms with Crippen LogP contribution in [0, 0.1) is 0 Å². The standard InChI is InChI=1S/C16H25NO3/c1-16(17-2,15(18)19-3)11-13-20-12-7-10-14-8-5-4-6-9-14/h4-6,8-9,17H,7,10-13H2,1-3H3. The zero-order valence-corrected chi connectivity index (χ0v) is 12.6. The normalized spacial score (nSPS) is 13.8. The number of ether oxygens (including phenoxy) is 2. The van der Waals surface area contributed by atoms with Crippen molar-refractivity contribution in [1.82, 2.24) is 5.32 Å². The molecule has 0 fully saturated rings. The highest BCUT2D eigenvalue weighted by Crippen LogP contribution is 2.11. The second-order valence-electron chi connectivity index (χ2n) is 5.03. The molecule has 112 valence electrons. The number of aryl methyl sites for hydroxylation is 1. The van der Waals surface area contributed by atoms with Gasteiger partial charge in [0.05, 0.1) is 7.11 Å². The van der Waals surface area contributed by atoms with Crippen LogP contribution in [0.4, 0.5) is 0 Å². The van der Waals surface area contributed by atoms with E-state index in [0.717, 1.165) is 12.8 Å².